The number of carbonyl (C=O) groups is 1. The van der Waals surface area contributed by atoms with Crippen molar-refractivity contribution in [2.24, 2.45) is 0 Å². The van der Waals surface area contributed by atoms with Crippen LogP contribution in [0.1, 0.15) is 39.2 Å². The summed E-state index contributed by atoms with van der Waals surface area (Å²) < 4.78 is 0. The molecule has 20 heavy (non-hydrogen) atoms. The van der Waals surface area contributed by atoms with Gasteiger partial charge in [0.25, 0.3) is 5.91 Å². The van der Waals surface area contributed by atoms with E-state index in [1.807, 2.05) is 29.6 Å². The van der Waals surface area contributed by atoms with Crippen molar-refractivity contribution in [3.05, 3.63) is 56.2 Å². The molecule has 0 fully saturated rings. The standard InChI is InChI=1S/C16H16ClNOS/c17-14-7-3-1-5-11(14)9-18-16(19)13-10-20-15-8-4-2-6-12(13)15/h1,3,5,7,10H,2,4,6,8-9H2,(H,18,19). The Bertz CT molecular complexity index is 635. The van der Waals surface area contributed by atoms with Gasteiger partial charge in [0.2, 0.25) is 0 Å². The largest absolute Gasteiger partial charge is 0.348 e. The number of halogens is 1. The molecule has 0 unspecified atom stereocenters. The molecule has 4 heteroatoms. The molecule has 0 radical (unpaired) electrons. The zero-order valence-corrected chi connectivity index (χ0v) is 12.7. The Labute approximate surface area is 127 Å². The molecule has 1 aliphatic rings. The molecular formula is C16H16ClNOS. The molecule has 0 spiro atoms. The predicted molar refractivity (Wildman–Crippen MR) is 83.6 cm³/mol. The predicted octanol–water partition coefficient (Wildman–Crippen LogP) is 4.21. The van der Waals surface area contributed by atoms with E-state index < -0.39 is 0 Å². The second-order valence-electron chi connectivity index (χ2n) is 5.03. The number of amides is 1. The SMILES string of the molecule is O=C(NCc1ccccc1Cl)c1csc2c1CCCC2. The molecule has 0 aliphatic heterocycles. The lowest BCUT2D eigenvalue weighted by Crippen LogP contribution is -2.24. The minimum absolute atomic E-state index is 0.0179. The second kappa shape index (κ2) is 5.98. The van der Waals surface area contributed by atoms with Crippen LogP contribution in [0.5, 0.6) is 0 Å². The second-order valence-corrected chi connectivity index (χ2v) is 6.40. The molecule has 2 nitrogen and oxygen atoms in total. The van der Waals surface area contributed by atoms with Gasteiger partial charge in [-0.25, -0.2) is 0 Å². The summed E-state index contributed by atoms with van der Waals surface area (Å²) in [5, 5.41) is 5.67. The number of hydrogen-bond acceptors (Lipinski definition) is 2. The molecule has 1 amide bonds. The number of benzene rings is 1. The van der Waals surface area contributed by atoms with Crippen molar-refractivity contribution in [1.82, 2.24) is 5.32 Å². The van der Waals surface area contributed by atoms with E-state index in [0.717, 1.165) is 24.0 Å². The van der Waals surface area contributed by atoms with Crippen LogP contribution < -0.4 is 5.32 Å². The molecule has 0 bridgehead atoms. The molecule has 1 N–H and O–H groups in total. The average molecular weight is 306 g/mol. The van der Waals surface area contributed by atoms with Gasteiger partial charge in [0, 0.05) is 21.8 Å². The summed E-state index contributed by atoms with van der Waals surface area (Å²) in [7, 11) is 0. The van der Waals surface area contributed by atoms with Gasteiger partial charge in [-0.2, -0.15) is 0 Å². The maximum atomic E-state index is 12.3. The maximum Gasteiger partial charge on any atom is 0.252 e. The van der Waals surface area contributed by atoms with Crippen LogP contribution in [0.25, 0.3) is 0 Å². The number of aryl methyl sites for hydroxylation is 1. The molecular weight excluding hydrogens is 290 g/mol. The van der Waals surface area contributed by atoms with Crippen LogP contribution in [-0.2, 0) is 19.4 Å². The highest BCUT2D eigenvalue weighted by molar-refractivity contribution is 7.10. The van der Waals surface area contributed by atoms with E-state index in [2.05, 4.69) is 5.32 Å². The highest BCUT2D eigenvalue weighted by Crippen LogP contribution is 2.30. The third-order valence-electron chi connectivity index (χ3n) is 3.70. The summed E-state index contributed by atoms with van der Waals surface area (Å²) in [5.74, 6) is 0.0179. The first-order valence-electron chi connectivity index (χ1n) is 6.86. The highest BCUT2D eigenvalue weighted by atomic mass is 35.5. The Hall–Kier alpha value is -1.32. The van der Waals surface area contributed by atoms with Crippen LogP contribution in [-0.4, -0.2) is 5.91 Å². The Morgan fingerprint density at radius 2 is 2.05 bits per heavy atom. The minimum atomic E-state index is 0.0179. The maximum absolute atomic E-state index is 12.3. The van der Waals surface area contributed by atoms with Crippen LogP contribution in [0.3, 0.4) is 0 Å². The molecule has 1 aromatic carbocycles. The average Bonchev–Trinajstić information content (AvgIpc) is 2.90. The third-order valence-corrected chi connectivity index (χ3v) is 5.16. The molecule has 104 valence electrons. The summed E-state index contributed by atoms with van der Waals surface area (Å²) in [6, 6.07) is 7.60. The fraction of sp³-hybridized carbons (Fsp3) is 0.312. The van der Waals surface area contributed by atoms with Gasteiger partial charge < -0.3 is 5.32 Å². The Kier molecular flexibility index (Phi) is 4.08. The first-order chi connectivity index (χ1) is 9.75. The van der Waals surface area contributed by atoms with Crippen LogP contribution in [0.4, 0.5) is 0 Å². The van der Waals surface area contributed by atoms with Crippen LogP contribution in [0.15, 0.2) is 29.6 Å². The zero-order valence-electron chi connectivity index (χ0n) is 11.1. The molecule has 0 saturated carbocycles. The topological polar surface area (TPSA) is 29.1 Å². The highest BCUT2D eigenvalue weighted by Gasteiger charge is 2.19. The summed E-state index contributed by atoms with van der Waals surface area (Å²) in [6.45, 7) is 0.475. The smallest absolute Gasteiger partial charge is 0.252 e. The Balaban J connectivity index is 1.71. The van der Waals surface area contributed by atoms with Crippen molar-refractivity contribution in [3.63, 3.8) is 0 Å². The lowest BCUT2D eigenvalue weighted by Gasteiger charge is -2.13. The van der Waals surface area contributed by atoms with E-state index in [4.69, 9.17) is 11.6 Å². The van der Waals surface area contributed by atoms with Gasteiger partial charge in [0.05, 0.1) is 5.56 Å². The van der Waals surface area contributed by atoms with Gasteiger partial charge in [0.1, 0.15) is 0 Å². The molecule has 0 atom stereocenters. The van der Waals surface area contributed by atoms with Crippen molar-refractivity contribution >= 4 is 28.8 Å². The summed E-state index contributed by atoms with van der Waals surface area (Å²) in [6.07, 6.45) is 4.59. The van der Waals surface area contributed by atoms with E-state index in [1.54, 1.807) is 11.3 Å². The quantitative estimate of drug-likeness (QED) is 0.904. The van der Waals surface area contributed by atoms with E-state index in [-0.39, 0.29) is 5.91 Å². The number of thiophene rings is 1. The van der Waals surface area contributed by atoms with E-state index in [0.29, 0.717) is 11.6 Å². The number of fused-ring (bicyclic) bond motifs is 1. The third kappa shape index (κ3) is 2.74. The van der Waals surface area contributed by atoms with E-state index in [1.165, 1.54) is 23.3 Å². The van der Waals surface area contributed by atoms with Gasteiger partial charge in [-0.1, -0.05) is 29.8 Å². The number of rotatable bonds is 3. The van der Waals surface area contributed by atoms with Crippen LogP contribution >= 0.6 is 22.9 Å². The van der Waals surface area contributed by atoms with Crippen molar-refractivity contribution in [2.45, 2.75) is 32.2 Å². The van der Waals surface area contributed by atoms with Crippen LogP contribution in [0.2, 0.25) is 5.02 Å². The summed E-state index contributed by atoms with van der Waals surface area (Å²) in [5.41, 5.74) is 3.07. The molecule has 0 saturated heterocycles. The van der Waals surface area contributed by atoms with Gasteiger partial charge in [-0.15, -0.1) is 11.3 Å². The first kappa shape index (κ1) is 13.7. The molecule has 1 heterocycles. The number of nitrogens with one attached hydrogen (secondary N) is 1. The van der Waals surface area contributed by atoms with Crippen molar-refractivity contribution in [3.8, 4) is 0 Å². The minimum Gasteiger partial charge on any atom is -0.348 e. The van der Waals surface area contributed by atoms with Gasteiger partial charge in [-0.3, -0.25) is 4.79 Å². The summed E-state index contributed by atoms with van der Waals surface area (Å²) in [4.78, 5) is 13.7. The van der Waals surface area contributed by atoms with E-state index >= 15 is 0 Å². The first-order valence-corrected chi connectivity index (χ1v) is 8.12. The number of carbonyl (C=O) groups excluding carboxylic acids is 1. The normalized spacial score (nSPS) is 13.8. The van der Waals surface area contributed by atoms with Gasteiger partial charge in [0.15, 0.2) is 0 Å². The van der Waals surface area contributed by atoms with Crippen molar-refractivity contribution in [1.29, 1.82) is 0 Å². The van der Waals surface area contributed by atoms with Crippen molar-refractivity contribution in [2.75, 3.05) is 0 Å². The zero-order chi connectivity index (χ0) is 13.9. The van der Waals surface area contributed by atoms with E-state index in [9.17, 15) is 4.79 Å². The monoisotopic (exact) mass is 305 g/mol. The fourth-order valence-corrected chi connectivity index (χ4v) is 3.93. The van der Waals surface area contributed by atoms with Crippen molar-refractivity contribution < 1.29 is 4.79 Å². The Morgan fingerprint density at radius 1 is 1.25 bits per heavy atom. The lowest BCUT2D eigenvalue weighted by molar-refractivity contribution is 0.0950. The Morgan fingerprint density at radius 3 is 2.90 bits per heavy atom. The number of hydrogen-bond donors (Lipinski definition) is 1. The molecule has 1 aromatic heterocycles. The van der Waals surface area contributed by atoms with Gasteiger partial charge in [-0.05, 0) is 42.9 Å². The molecule has 3 rings (SSSR count). The summed E-state index contributed by atoms with van der Waals surface area (Å²) >= 11 is 7.82. The molecule has 1 aliphatic carbocycles. The lowest BCUT2D eigenvalue weighted by atomic mass is 9.95. The molecule has 2 aromatic rings. The van der Waals surface area contributed by atoms with Crippen LogP contribution in [0, 0.1) is 0 Å². The fourth-order valence-electron chi connectivity index (χ4n) is 2.60. The van der Waals surface area contributed by atoms with Gasteiger partial charge >= 0.3 is 0 Å².